The maximum Gasteiger partial charge on any atom is 0.251 e. The molecule has 3 nitrogen and oxygen atoms in total. The van der Waals surface area contributed by atoms with Gasteiger partial charge in [-0.2, -0.15) is 0 Å². The van der Waals surface area contributed by atoms with Gasteiger partial charge in [-0.25, -0.2) is 0 Å². The quantitative estimate of drug-likeness (QED) is 0.715. The second-order valence-electron chi connectivity index (χ2n) is 5.15. The minimum absolute atomic E-state index is 0.00254. The summed E-state index contributed by atoms with van der Waals surface area (Å²) in [6.07, 6.45) is 0. The predicted octanol–water partition coefficient (Wildman–Crippen LogP) is 5.03. The Morgan fingerprint density at radius 2 is 1.65 bits per heavy atom. The van der Waals surface area contributed by atoms with E-state index in [0.717, 1.165) is 10.6 Å². The molecule has 0 spiro atoms. The zero-order chi connectivity index (χ0) is 16.1. The largest absolute Gasteiger partial charge is 0.457 e. The number of rotatable bonds is 5. The first-order valence-corrected chi connectivity index (χ1v) is 8.27. The highest BCUT2D eigenvalue weighted by Crippen LogP contribution is 2.22. The van der Waals surface area contributed by atoms with Crippen molar-refractivity contribution < 1.29 is 9.53 Å². The highest BCUT2D eigenvalue weighted by molar-refractivity contribution is 7.10. The number of amides is 1. The fourth-order valence-corrected chi connectivity index (χ4v) is 2.92. The van der Waals surface area contributed by atoms with Gasteiger partial charge in [-0.1, -0.05) is 24.3 Å². The molecule has 3 rings (SSSR count). The Labute approximate surface area is 139 Å². The molecular weight excluding hydrogens is 306 g/mol. The van der Waals surface area contributed by atoms with Crippen molar-refractivity contribution >= 4 is 17.2 Å². The molecule has 1 heterocycles. The van der Waals surface area contributed by atoms with Crippen LogP contribution in [0.2, 0.25) is 0 Å². The molecule has 23 heavy (non-hydrogen) atoms. The number of benzene rings is 2. The average molecular weight is 323 g/mol. The molecule has 0 aliphatic carbocycles. The smallest absolute Gasteiger partial charge is 0.251 e. The summed E-state index contributed by atoms with van der Waals surface area (Å²) in [4.78, 5) is 13.4. The number of nitrogens with one attached hydrogen (secondary N) is 1. The molecule has 0 unspecified atom stereocenters. The summed E-state index contributed by atoms with van der Waals surface area (Å²) in [6.45, 7) is 1.98. The highest BCUT2D eigenvalue weighted by Gasteiger charge is 2.12. The van der Waals surface area contributed by atoms with Crippen molar-refractivity contribution in [3.8, 4) is 11.5 Å². The number of carbonyl (C=O) groups is 1. The molecule has 0 saturated carbocycles. The molecule has 1 N–H and O–H groups in total. The van der Waals surface area contributed by atoms with Crippen LogP contribution in [0.5, 0.6) is 11.5 Å². The summed E-state index contributed by atoms with van der Waals surface area (Å²) >= 11 is 1.64. The molecule has 0 bridgehead atoms. The van der Waals surface area contributed by atoms with E-state index in [1.165, 1.54) is 0 Å². The predicted molar refractivity (Wildman–Crippen MR) is 93.2 cm³/mol. The second kappa shape index (κ2) is 7.11. The van der Waals surface area contributed by atoms with Crippen molar-refractivity contribution in [1.29, 1.82) is 0 Å². The number of hydrogen-bond acceptors (Lipinski definition) is 3. The molecule has 1 amide bonds. The standard InChI is InChI=1S/C19H17NO2S/c1-14(18-8-5-13-23-18)20-19(21)15-9-11-17(12-10-15)22-16-6-3-2-4-7-16/h2-14H,1H3,(H,20,21)/t14-/m1/s1. The van der Waals surface area contributed by atoms with Crippen LogP contribution in [-0.4, -0.2) is 5.91 Å². The molecule has 0 fully saturated rings. The monoisotopic (exact) mass is 323 g/mol. The lowest BCUT2D eigenvalue weighted by Gasteiger charge is -2.12. The lowest BCUT2D eigenvalue weighted by atomic mass is 10.2. The zero-order valence-corrected chi connectivity index (χ0v) is 13.5. The van der Waals surface area contributed by atoms with Gasteiger partial charge in [0, 0.05) is 10.4 Å². The molecule has 0 radical (unpaired) electrons. The zero-order valence-electron chi connectivity index (χ0n) is 12.7. The van der Waals surface area contributed by atoms with Gasteiger partial charge in [-0.3, -0.25) is 4.79 Å². The highest BCUT2D eigenvalue weighted by atomic mass is 32.1. The van der Waals surface area contributed by atoms with Gasteiger partial charge < -0.3 is 10.1 Å². The first-order valence-electron chi connectivity index (χ1n) is 7.39. The lowest BCUT2D eigenvalue weighted by molar-refractivity contribution is 0.0940. The minimum Gasteiger partial charge on any atom is -0.457 e. The van der Waals surface area contributed by atoms with Crippen LogP contribution >= 0.6 is 11.3 Å². The summed E-state index contributed by atoms with van der Waals surface area (Å²) < 4.78 is 5.72. The van der Waals surface area contributed by atoms with Crippen molar-refractivity contribution in [2.24, 2.45) is 0 Å². The number of ether oxygens (including phenoxy) is 1. The van der Waals surface area contributed by atoms with Gasteiger partial charge in [0.1, 0.15) is 11.5 Å². The van der Waals surface area contributed by atoms with Gasteiger partial charge in [0.15, 0.2) is 0 Å². The molecule has 2 aromatic carbocycles. The van der Waals surface area contributed by atoms with Crippen molar-refractivity contribution in [2.75, 3.05) is 0 Å². The maximum atomic E-state index is 12.3. The van der Waals surface area contributed by atoms with Gasteiger partial charge in [0.25, 0.3) is 5.91 Å². The summed E-state index contributed by atoms with van der Waals surface area (Å²) in [7, 11) is 0. The van der Waals surface area contributed by atoms with Crippen LogP contribution in [0.1, 0.15) is 28.2 Å². The summed E-state index contributed by atoms with van der Waals surface area (Å²) in [6, 6.07) is 20.7. The van der Waals surface area contributed by atoms with E-state index in [4.69, 9.17) is 4.74 Å². The third kappa shape index (κ3) is 3.99. The third-order valence-electron chi connectivity index (χ3n) is 3.41. The van der Waals surface area contributed by atoms with Crippen LogP contribution in [0.4, 0.5) is 0 Å². The Bertz CT molecular complexity index is 752. The molecule has 116 valence electrons. The molecule has 1 atom stereocenters. The molecule has 0 aliphatic rings. The van der Waals surface area contributed by atoms with E-state index in [2.05, 4.69) is 5.32 Å². The topological polar surface area (TPSA) is 38.3 Å². The molecule has 3 aromatic rings. The van der Waals surface area contributed by atoms with Gasteiger partial charge in [0.05, 0.1) is 6.04 Å². The number of para-hydroxylation sites is 1. The Morgan fingerprint density at radius 3 is 2.30 bits per heavy atom. The van der Waals surface area contributed by atoms with E-state index < -0.39 is 0 Å². The summed E-state index contributed by atoms with van der Waals surface area (Å²) in [5.41, 5.74) is 0.619. The fraction of sp³-hybridized carbons (Fsp3) is 0.105. The van der Waals surface area contributed by atoms with Crippen LogP contribution in [0.15, 0.2) is 72.1 Å². The lowest BCUT2D eigenvalue weighted by Crippen LogP contribution is -2.25. The van der Waals surface area contributed by atoms with Crippen molar-refractivity contribution in [3.63, 3.8) is 0 Å². The maximum absolute atomic E-state index is 12.3. The number of carbonyl (C=O) groups excluding carboxylic acids is 1. The van der Waals surface area contributed by atoms with Gasteiger partial charge in [0.2, 0.25) is 0 Å². The van der Waals surface area contributed by atoms with Crippen LogP contribution in [0.25, 0.3) is 0 Å². The van der Waals surface area contributed by atoms with E-state index >= 15 is 0 Å². The fourth-order valence-electron chi connectivity index (χ4n) is 2.19. The van der Waals surface area contributed by atoms with Gasteiger partial charge in [-0.15, -0.1) is 11.3 Å². The van der Waals surface area contributed by atoms with Crippen LogP contribution < -0.4 is 10.1 Å². The van der Waals surface area contributed by atoms with Crippen LogP contribution in [-0.2, 0) is 0 Å². The van der Waals surface area contributed by atoms with Crippen LogP contribution in [0, 0.1) is 0 Å². The number of hydrogen-bond donors (Lipinski definition) is 1. The van der Waals surface area contributed by atoms with E-state index in [1.54, 1.807) is 35.6 Å². The third-order valence-corrected chi connectivity index (χ3v) is 4.47. The first kappa shape index (κ1) is 15.3. The van der Waals surface area contributed by atoms with Crippen molar-refractivity contribution in [1.82, 2.24) is 5.32 Å². The number of thiophene rings is 1. The van der Waals surface area contributed by atoms with Crippen molar-refractivity contribution in [3.05, 3.63) is 82.6 Å². The van der Waals surface area contributed by atoms with Gasteiger partial charge >= 0.3 is 0 Å². The second-order valence-corrected chi connectivity index (χ2v) is 6.13. The SMILES string of the molecule is C[C@@H](NC(=O)c1ccc(Oc2ccccc2)cc1)c1cccs1. The van der Waals surface area contributed by atoms with E-state index in [1.807, 2.05) is 54.8 Å². The molecule has 0 aliphatic heterocycles. The van der Waals surface area contributed by atoms with E-state index in [0.29, 0.717) is 11.3 Å². The molecule has 1 aromatic heterocycles. The minimum atomic E-state index is -0.0860. The Balaban J connectivity index is 1.63. The van der Waals surface area contributed by atoms with E-state index in [-0.39, 0.29) is 11.9 Å². The average Bonchev–Trinajstić information content (AvgIpc) is 3.11. The molecular formula is C19H17NO2S. The molecule has 0 saturated heterocycles. The Hall–Kier alpha value is -2.59. The van der Waals surface area contributed by atoms with Crippen LogP contribution in [0.3, 0.4) is 0 Å². The Kier molecular flexibility index (Phi) is 4.74. The van der Waals surface area contributed by atoms with Crippen molar-refractivity contribution in [2.45, 2.75) is 13.0 Å². The summed E-state index contributed by atoms with van der Waals surface area (Å²) in [5, 5.41) is 5.01. The normalized spacial score (nSPS) is 11.7. The van der Waals surface area contributed by atoms with Gasteiger partial charge in [-0.05, 0) is 54.8 Å². The first-order chi connectivity index (χ1) is 11.2. The summed E-state index contributed by atoms with van der Waals surface area (Å²) in [5.74, 6) is 1.40. The molecule has 4 heteroatoms. The Morgan fingerprint density at radius 1 is 0.957 bits per heavy atom. The van der Waals surface area contributed by atoms with E-state index in [9.17, 15) is 4.79 Å².